The van der Waals surface area contributed by atoms with Crippen LogP contribution in [-0.2, 0) is 0 Å². The topological polar surface area (TPSA) is 40.5 Å². The molecule has 0 radical (unpaired) electrons. The molecule has 0 spiro atoms. The van der Waals surface area contributed by atoms with Crippen LogP contribution in [0, 0.1) is 40.4 Å². The highest BCUT2D eigenvalue weighted by atomic mass is 16.3. The Morgan fingerprint density at radius 2 is 1.86 bits per heavy atom. The minimum absolute atomic E-state index is 0.0969. The van der Waals surface area contributed by atoms with Crippen molar-refractivity contribution in [2.24, 2.45) is 40.4 Å². The van der Waals surface area contributed by atoms with E-state index in [1.165, 1.54) is 44.9 Å². The smallest absolute Gasteiger partial charge is 0.0591 e. The molecule has 2 unspecified atom stereocenters. The summed E-state index contributed by atoms with van der Waals surface area (Å²) in [6, 6.07) is 0. The maximum Gasteiger partial charge on any atom is 0.0591 e. The summed E-state index contributed by atoms with van der Waals surface area (Å²) in [6.45, 7) is 11.6. The lowest BCUT2D eigenvalue weighted by Gasteiger charge is -2.58. The molecular weight excluding hydrogens is 356 g/mol. The van der Waals surface area contributed by atoms with E-state index < -0.39 is 5.60 Å². The van der Waals surface area contributed by atoms with E-state index >= 15 is 0 Å². The van der Waals surface area contributed by atoms with Crippen molar-refractivity contribution in [2.75, 3.05) is 0 Å². The molecule has 0 aromatic heterocycles. The van der Waals surface area contributed by atoms with Gasteiger partial charge in [0.1, 0.15) is 0 Å². The largest absolute Gasteiger partial charge is 0.393 e. The third-order valence-electron chi connectivity index (χ3n) is 10.3. The lowest BCUT2D eigenvalue weighted by Crippen LogP contribution is -2.50. The summed E-state index contributed by atoms with van der Waals surface area (Å²) in [4.78, 5) is 0. The van der Waals surface area contributed by atoms with Crippen LogP contribution in [0.15, 0.2) is 11.6 Å². The first-order chi connectivity index (χ1) is 13.5. The molecule has 2 heteroatoms. The van der Waals surface area contributed by atoms with Gasteiger partial charge in [0.25, 0.3) is 0 Å². The van der Waals surface area contributed by atoms with Crippen molar-refractivity contribution in [1.29, 1.82) is 0 Å². The van der Waals surface area contributed by atoms with E-state index in [1.54, 1.807) is 5.57 Å². The fraction of sp³-hybridized carbons (Fsp3) is 0.926. The zero-order chi connectivity index (χ0) is 21.0. The van der Waals surface area contributed by atoms with Crippen LogP contribution in [0.2, 0.25) is 0 Å². The Balaban J connectivity index is 1.47. The molecule has 2 nitrogen and oxygen atoms in total. The molecular formula is C27H46O2. The Morgan fingerprint density at radius 1 is 1.10 bits per heavy atom. The zero-order valence-electron chi connectivity index (χ0n) is 19.7. The van der Waals surface area contributed by atoms with Gasteiger partial charge >= 0.3 is 0 Å². The first-order valence-electron chi connectivity index (χ1n) is 12.6. The SMILES string of the molecule is C[C@H](CCCC(C)(C)O)[C@H]1CCC2[C@@H]3CC=C4C[C@@H](O)CC[C@]4(C)[C@H]3CCC21C. The highest BCUT2D eigenvalue weighted by Gasteiger charge is 2.59. The third-order valence-corrected chi connectivity index (χ3v) is 10.3. The molecule has 0 amide bonds. The number of aliphatic hydroxyl groups is 2. The molecule has 3 fully saturated rings. The van der Waals surface area contributed by atoms with Gasteiger partial charge in [0, 0.05) is 0 Å². The summed E-state index contributed by atoms with van der Waals surface area (Å²) < 4.78 is 0. The fourth-order valence-corrected chi connectivity index (χ4v) is 8.67. The lowest BCUT2D eigenvalue weighted by atomic mass is 9.47. The number of hydrogen-bond acceptors (Lipinski definition) is 2. The second-order valence-electron chi connectivity index (χ2n) is 12.6. The van der Waals surface area contributed by atoms with Gasteiger partial charge in [-0.3, -0.25) is 0 Å². The van der Waals surface area contributed by atoms with Crippen LogP contribution in [0.4, 0.5) is 0 Å². The summed E-state index contributed by atoms with van der Waals surface area (Å²) in [6.07, 6.45) is 15.9. The Labute approximate surface area is 179 Å². The van der Waals surface area contributed by atoms with E-state index in [0.29, 0.717) is 10.8 Å². The molecule has 0 heterocycles. The minimum Gasteiger partial charge on any atom is -0.393 e. The molecule has 8 atom stereocenters. The van der Waals surface area contributed by atoms with Crippen LogP contribution >= 0.6 is 0 Å². The van der Waals surface area contributed by atoms with Crippen LogP contribution in [0.1, 0.15) is 105 Å². The average Bonchev–Trinajstić information content (AvgIpc) is 2.98. The Kier molecular flexibility index (Phi) is 5.78. The lowest BCUT2D eigenvalue weighted by molar-refractivity contribution is -0.0575. The first kappa shape index (κ1) is 21.9. The van der Waals surface area contributed by atoms with Crippen molar-refractivity contribution in [1.82, 2.24) is 0 Å². The van der Waals surface area contributed by atoms with Crippen LogP contribution < -0.4 is 0 Å². The molecule has 4 aliphatic rings. The van der Waals surface area contributed by atoms with Crippen molar-refractivity contribution < 1.29 is 10.2 Å². The van der Waals surface area contributed by atoms with Crippen molar-refractivity contribution in [2.45, 2.75) is 117 Å². The number of aliphatic hydroxyl groups excluding tert-OH is 1. The van der Waals surface area contributed by atoms with Crippen molar-refractivity contribution in [3.63, 3.8) is 0 Å². The maximum atomic E-state index is 10.2. The van der Waals surface area contributed by atoms with Crippen LogP contribution in [0.5, 0.6) is 0 Å². The highest BCUT2D eigenvalue weighted by molar-refractivity contribution is 5.25. The van der Waals surface area contributed by atoms with Gasteiger partial charge in [-0.25, -0.2) is 0 Å². The van der Waals surface area contributed by atoms with E-state index in [4.69, 9.17) is 0 Å². The van der Waals surface area contributed by atoms with Crippen molar-refractivity contribution >= 4 is 0 Å². The molecule has 29 heavy (non-hydrogen) atoms. The Hall–Kier alpha value is -0.340. The van der Waals surface area contributed by atoms with E-state index in [0.717, 1.165) is 55.3 Å². The Morgan fingerprint density at radius 3 is 2.59 bits per heavy atom. The van der Waals surface area contributed by atoms with Gasteiger partial charge in [0.05, 0.1) is 11.7 Å². The molecule has 0 aromatic rings. The van der Waals surface area contributed by atoms with Gasteiger partial charge in [0.15, 0.2) is 0 Å². The summed E-state index contributed by atoms with van der Waals surface area (Å²) in [5, 5.41) is 20.3. The number of fused-ring (bicyclic) bond motifs is 5. The summed E-state index contributed by atoms with van der Waals surface area (Å²) in [5.41, 5.74) is 1.95. The normalized spacial score (nSPS) is 45.8. The minimum atomic E-state index is -0.519. The van der Waals surface area contributed by atoms with Gasteiger partial charge < -0.3 is 10.2 Å². The number of rotatable bonds is 5. The van der Waals surface area contributed by atoms with E-state index in [2.05, 4.69) is 26.8 Å². The quantitative estimate of drug-likeness (QED) is 0.515. The number of allylic oxidation sites excluding steroid dienone is 1. The van der Waals surface area contributed by atoms with Gasteiger partial charge in [-0.2, -0.15) is 0 Å². The van der Waals surface area contributed by atoms with Gasteiger partial charge in [-0.1, -0.05) is 45.3 Å². The zero-order valence-corrected chi connectivity index (χ0v) is 19.7. The molecule has 0 bridgehead atoms. The van der Waals surface area contributed by atoms with Crippen LogP contribution in [0.3, 0.4) is 0 Å². The average molecular weight is 403 g/mol. The fourth-order valence-electron chi connectivity index (χ4n) is 8.67. The van der Waals surface area contributed by atoms with Crippen molar-refractivity contribution in [3.8, 4) is 0 Å². The molecule has 4 aliphatic carbocycles. The molecule has 3 saturated carbocycles. The van der Waals surface area contributed by atoms with Crippen LogP contribution in [-0.4, -0.2) is 21.9 Å². The highest BCUT2D eigenvalue weighted by Crippen LogP contribution is 2.67. The summed E-state index contributed by atoms with van der Waals surface area (Å²) >= 11 is 0. The Bertz CT molecular complexity index is 631. The molecule has 0 aromatic carbocycles. The van der Waals surface area contributed by atoms with Gasteiger partial charge in [0.2, 0.25) is 0 Å². The monoisotopic (exact) mass is 402 g/mol. The van der Waals surface area contributed by atoms with Gasteiger partial charge in [-0.15, -0.1) is 0 Å². The molecule has 2 N–H and O–H groups in total. The third kappa shape index (κ3) is 3.86. The second-order valence-corrected chi connectivity index (χ2v) is 12.6. The van der Waals surface area contributed by atoms with Crippen LogP contribution in [0.25, 0.3) is 0 Å². The first-order valence-corrected chi connectivity index (χ1v) is 12.6. The molecule has 0 saturated heterocycles. The van der Waals surface area contributed by atoms with E-state index in [1.807, 2.05) is 13.8 Å². The van der Waals surface area contributed by atoms with E-state index in [-0.39, 0.29) is 6.10 Å². The second kappa shape index (κ2) is 7.66. The summed E-state index contributed by atoms with van der Waals surface area (Å²) in [5.74, 6) is 4.24. The van der Waals surface area contributed by atoms with Crippen molar-refractivity contribution in [3.05, 3.63) is 11.6 Å². The molecule has 0 aliphatic heterocycles. The predicted molar refractivity (Wildman–Crippen MR) is 121 cm³/mol. The summed E-state index contributed by atoms with van der Waals surface area (Å²) in [7, 11) is 0. The molecule has 4 rings (SSSR count). The van der Waals surface area contributed by atoms with E-state index in [9.17, 15) is 10.2 Å². The standard InChI is InChI=1S/C27H46O2/c1-18(7-6-14-25(2,3)29)22-10-11-23-21-9-8-19-17-20(28)12-15-26(19,4)24(21)13-16-27(22,23)5/h8,18,20-24,28-29H,6-7,9-17H2,1-5H3/t18-,20+,21+,22-,23?,24+,26+,27?/m1/s1. The van der Waals surface area contributed by atoms with Gasteiger partial charge in [-0.05, 0) is 112 Å². The predicted octanol–water partition coefficient (Wildman–Crippen LogP) is 6.50. The number of hydrogen-bond donors (Lipinski definition) is 2. The maximum absolute atomic E-state index is 10.2. The molecule has 166 valence electrons.